The first-order chi connectivity index (χ1) is 16.1. The molecule has 34 heavy (non-hydrogen) atoms. The van der Waals surface area contributed by atoms with Gasteiger partial charge in [-0.3, -0.25) is 4.79 Å². The van der Waals surface area contributed by atoms with Crippen LogP contribution in [0.1, 0.15) is 58.7 Å². The molecule has 1 aromatic carbocycles. The summed E-state index contributed by atoms with van der Waals surface area (Å²) in [5, 5.41) is 3.30. The highest BCUT2D eigenvalue weighted by atomic mass is 32.2. The molecule has 11 heteroatoms. The number of hydrogen-bond acceptors (Lipinski definition) is 8. The van der Waals surface area contributed by atoms with Crippen LogP contribution in [0.5, 0.6) is 0 Å². The summed E-state index contributed by atoms with van der Waals surface area (Å²) < 4.78 is 43.7. The number of aromatic nitrogens is 2. The predicted molar refractivity (Wildman–Crippen MR) is 132 cm³/mol. The highest BCUT2D eigenvalue weighted by molar-refractivity contribution is 7.92. The topological polar surface area (TPSA) is 95.5 Å². The molecule has 2 fully saturated rings. The Balaban J connectivity index is 1.35. The molecule has 1 N–H and O–H groups in total. The summed E-state index contributed by atoms with van der Waals surface area (Å²) in [7, 11) is -3.56. The number of halogens is 1. The molecule has 8 nitrogen and oxygen atoms in total. The van der Waals surface area contributed by atoms with Gasteiger partial charge in [0.25, 0.3) is 0 Å². The van der Waals surface area contributed by atoms with Gasteiger partial charge in [-0.05, 0) is 51.3 Å². The molecule has 2 saturated heterocycles. The van der Waals surface area contributed by atoms with Crippen molar-refractivity contribution in [2.45, 2.75) is 75.1 Å². The molecule has 2 aromatic rings. The Morgan fingerprint density at radius 3 is 2.41 bits per heavy atom. The van der Waals surface area contributed by atoms with E-state index in [9.17, 15) is 17.6 Å². The standard InChI is InChI=1S/C23H32FN5O3S2/c1-14(2)21-26-23(33-27-21)28-10-7-16(8-11-28)29-12-9-20(22(29)30)25-19-6-5-17(13-18(19)24)34(31,32)15(3)4/h5-6,13-16,20,25H,7-12H2,1-4H3/t20-/m0/s1. The Morgan fingerprint density at radius 1 is 1.12 bits per heavy atom. The molecule has 0 bridgehead atoms. The van der Waals surface area contributed by atoms with Gasteiger partial charge < -0.3 is 15.1 Å². The molecule has 0 unspecified atom stereocenters. The van der Waals surface area contributed by atoms with Crippen LogP contribution in [0.25, 0.3) is 0 Å². The number of amides is 1. The van der Waals surface area contributed by atoms with Crippen molar-refractivity contribution >= 4 is 38.1 Å². The molecule has 0 aliphatic carbocycles. The average Bonchev–Trinajstić information content (AvgIpc) is 3.43. The SMILES string of the molecule is CC(C)c1nsc(N2CCC(N3CC[C@H](Nc4ccc(S(=O)(=O)C(C)C)cc4F)C3=O)CC2)n1. The molecule has 1 aromatic heterocycles. The molecule has 2 aliphatic heterocycles. The third-order valence-corrected chi connectivity index (χ3v) is 9.53. The Bertz CT molecular complexity index is 1140. The van der Waals surface area contributed by atoms with E-state index in [-0.39, 0.29) is 22.5 Å². The van der Waals surface area contributed by atoms with Crippen LogP contribution in [0.3, 0.4) is 0 Å². The molecule has 4 rings (SSSR count). The molecule has 2 aliphatic rings. The monoisotopic (exact) mass is 509 g/mol. The largest absolute Gasteiger partial charge is 0.371 e. The van der Waals surface area contributed by atoms with Crippen LogP contribution in [0.4, 0.5) is 15.2 Å². The van der Waals surface area contributed by atoms with Gasteiger partial charge >= 0.3 is 0 Å². The fraction of sp³-hybridized carbons (Fsp3) is 0.609. The summed E-state index contributed by atoms with van der Waals surface area (Å²) in [6.45, 7) is 9.54. The fourth-order valence-electron chi connectivity index (χ4n) is 4.41. The van der Waals surface area contributed by atoms with Crippen molar-refractivity contribution in [1.29, 1.82) is 0 Å². The summed E-state index contributed by atoms with van der Waals surface area (Å²) in [6.07, 6.45) is 2.29. The van der Waals surface area contributed by atoms with Crippen molar-refractivity contribution in [2.24, 2.45) is 0 Å². The van der Waals surface area contributed by atoms with Crippen LogP contribution < -0.4 is 10.2 Å². The number of sulfone groups is 1. The van der Waals surface area contributed by atoms with Gasteiger partial charge in [0.1, 0.15) is 17.7 Å². The second-order valence-electron chi connectivity index (χ2n) is 9.56. The van der Waals surface area contributed by atoms with E-state index in [4.69, 9.17) is 0 Å². The molecule has 186 valence electrons. The van der Waals surface area contributed by atoms with Crippen LogP contribution in [-0.2, 0) is 14.6 Å². The van der Waals surface area contributed by atoms with E-state index in [2.05, 4.69) is 33.4 Å². The Labute approximate surface area is 204 Å². The smallest absolute Gasteiger partial charge is 0.245 e. The Hall–Kier alpha value is -2.27. The summed E-state index contributed by atoms with van der Waals surface area (Å²) in [4.78, 5) is 21.8. The third kappa shape index (κ3) is 4.91. The van der Waals surface area contributed by atoms with Gasteiger partial charge in [0.15, 0.2) is 9.84 Å². The van der Waals surface area contributed by atoms with Gasteiger partial charge in [0.2, 0.25) is 11.0 Å². The van der Waals surface area contributed by atoms with Gasteiger partial charge in [0, 0.05) is 43.1 Å². The first-order valence-corrected chi connectivity index (χ1v) is 14.1. The summed E-state index contributed by atoms with van der Waals surface area (Å²) in [5.41, 5.74) is 0.148. The minimum Gasteiger partial charge on any atom is -0.371 e. The molecular formula is C23H32FN5O3S2. The van der Waals surface area contributed by atoms with E-state index in [1.165, 1.54) is 23.7 Å². The van der Waals surface area contributed by atoms with Crippen LogP contribution in [0.2, 0.25) is 0 Å². The maximum Gasteiger partial charge on any atom is 0.245 e. The lowest BCUT2D eigenvalue weighted by molar-refractivity contribution is -0.130. The normalized spacial score (nSPS) is 20.1. The Morgan fingerprint density at radius 2 is 1.82 bits per heavy atom. The van der Waals surface area contributed by atoms with Crippen molar-refractivity contribution in [1.82, 2.24) is 14.3 Å². The number of nitrogens with one attached hydrogen (secondary N) is 1. The number of carbonyl (C=O) groups is 1. The Kier molecular flexibility index (Phi) is 7.14. The fourth-order valence-corrected chi connectivity index (χ4v) is 6.34. The van der Waals surface area contributed by atoms with Gasteiger partial charge in [-0.2, -0.15) is 4.37 Å². The van der Waals surface area contributed by atoms with Crippen molar-refractivity contribution in [3.05, 3.63) is 29.8 Å². The summed E-state index contributed by atoms with van der Waals surface area (Å²) in [6, 6.07) is 3.47. The van der Waals surface area contributed by atoms with E-state index in [0.717, 1.165) is 43.0 Å². The number of rotatable bonds is 7. The highest BCUT2D eigenvalue weighted by Crippen LogP contribution is 2.29. The summed E-state index contributed by atoms with van der Waals surface area (Å²) >= 11 is 1.43. The van der Waals surface area contributed by atoms with Gasteiger partial charge in [-0.1, -0.05) is 13.8 Å². The first kappa shape index (κ1) is 24.8. The minimum absolute atomic E-state index is 0.0327. The second-order valence-corrected chi connectivity index (χ2v) is 12.8. The van der Waals surface area contributed by atoms with Crippen molar-refractivity contribution in [2.75, 3.05) is 29.9 Å². The molecular weight excluding hydrogens is 477 g/mol. The molecule has 0 saturated carbocycles. The van der Waals surface area contributed by atoms with E-state index in [0.29, 0.717) is 18.9 Å². The molecule has 3 heterocycles. The van der Waals surface area contributed by atoms with Gasteiger partial charge in [-0.25, -0.2) is 17.8 Å². The van der Waals surface area contributed by atoms with E-state index in [1.807, 2.05) is 4.90 Å². The zero-order valence-electron chi connectivity index (χ0n) is 20.0. The van der Waals surface area contributed by atoms with Crippen LogP contribution in [0, 0.1) is 5.82 Å². The van der Waals surface area contributed by atoms with Crippen LogP contribution >= 0.6 is 11.5 Å². The number of nitrogens with zero attached hydrogens (tertiary/aromatic N) is 4. The van der Waals surface area contributed by atoms with E-state index in [1.54, 1.807) is 13.8 Å². The van der Waals surface area contributed by atoms with Gasteiger partial charge in [-0.15, -0.1) is 0 Å². The minimum atomic E-state index is -3.56. The number of likely N-dealkylation sites (tertiary alicyclic amines) is 1. The maximum absolute atomic E-state index is 14.7. The lowest BCUT2D eigenvalue weighted by atomic mass is 10.0. The number of anilines is 2. The highest BCUT2D eigenvalue weighted by Gasteiger charge is 2.38. The zero-order chi connectivity index (χ0) is 24.6. The second kappa shape index (κ2) is 9.77. The van der Waals surface area contributed by atoms with E-state index < -0.39 is 26.9 Å². The van der Waals surface area contributed by atoms with Crippen molar-refractivity contribution in [3.63, 3.8) is 0 Å². The number of hydrogen-bond donors (Lipinski definition) is 1. The number of benzene rings is 1. The van der Waals surface area contributed by atoms with Crippen LogP contribution in [-0.4, -0.2) is 65.6 Å². The number of carbonyl (C=O) groups excluding carboxylic acids is 1. The van der Waals surface area contributed by atoms with E-state index >= 15 is 0 Å². The lowest BCUT2D eigenvalue weighted by Gasteiger charge is -2.36. The van der Waals surface area contributed by atoms with Crippen LogP contribution in [0.15, 0.2) is 23.1 Å². The first-order valence-electron chi connectivity index (χ1n) is 11.8. The zero-order valence-corrected chi connectivity index (χ0v) is 21.6. The van der Waals surface area contributed by atoms with Crippen molar-refractivity contribution in [3.8, 4) is 0 Å². The molecule has 1 amide bonds. The average molecular weight is 510 g/mol. The lowest BCUT2D eigenvalue weighted by Crippen LogP contribution is -2.47. The summed E-state index contributed by atoms with van der Waals surface area (Å²) in [5.74, 6) is 0.469. The predicted octanol–water partition coefficient (Wildman–Crippen LogP) is 3.66. The third-order valence-electron chi connectivity index (χ3n) is 6.58. The molecule has 0 radical (unpaired) electrons. The van der Waals surface area contributed by atoms with Gasteiger partial charge in [0.05, 0.1) is 15.8 Å². The molecule has 0 spiro atoms. The maximum atomic E-state index is 14.7. The molecule has 1 atom stereocenters. The van der Waals surface area contributed by atoms with Crippen molar-refractivity contribution < 1.29 is 17.6 Å². The number of piperidine rings is 1. The quantitative estimate of drug-likeness (QED) is 0.609.